The summed E-state index contributed by atoms with van der Waals surface area (Å²) >= 11 is 5.69. The van der Waals surface area contributed by atoms with Crippen LogP contribution in [0.25, 0.3) is 0 Å². The maximum absolute atomic E-state index is 13.4. The van der Waals surface area contributed by atoms with Crippen LogP contribution in [0.3, 0.4) is 0 Å². The Kier molecular flexibility index (Phi) is 7.30. The van der Waals surface area contributed by atoms with Crippen molar-refractivity contribution in [2.75, 3.05) is 17.3 Å². The molecule has 8 nitrogen and oxygen atoms in total. The van der Waals surface area contributed by atoms with Crippen molar-refractivity contribution in [2.45, 2.75) is 26.3 Å². The maximum atomic E-state index is 13.4. The van der Waals surface area contributed by atoms with Crippen molar-refractivity contribution in [3.05, 3.63) is 89.5 Å². The van der Waals surface area contributed by atoms with Crippen molar-refractivity contribution < 1.29 is 19.1 Å². The first-order valence-electron chi connectivity index (χ1n) is 11.3. The third-order valence-electron chi connectivity index (χ3n) is 5.82. The molecule has 1 aliphatic heterocycles. The van der Waals surface area contributed by atoms with Crippen molar-refractivity contribution in [3.63, 3.8) is 0 Å². The van der Waals surface area contributed by atoms with Crippen molar-refractivity contribution >= 4 is 46.4 Å². The molecule has 2 N–H and O–H groups in total. The molecule has 36 heavy (non-hydrogen) atoms. The predicted molar refractivity (Wildman–Crippen MR) is 142 cm³/mol. The molecule has 9 heteroatoms. The van der Waals surface area contributed by atoms with Gasteiger partial charge in [-0.3, -0.25) is 24.7 Å². The van der Waals surface area contributed by atoms with Crippen LogP contribution in [-0.4, -0.2) is 41.0 Å². The van der Waals surface area contributed by atoms with E-state index in [2.05, 4.69) is 10.7 Å². The van der Waals surface area contributed by atoms with E-state index >= 15 is 0 Å². The molecule has 1 saturated heterocycles. The number of anilines is 2. The summed E-state index contributed by atoms with van der Waals surface area (Å²) in [4.78, 5) is 41.1. The zero-order valence-electron chi connectivity index (χ0n) is 20.1. The molecule has 0 spiro atoms. The number of methoxy groups -OCH3 is 1. The average Bonchev–Trinajstić information content (AvgIpc) is 2.87. The van der Waals surface area contributed by atoms with E-state index in [-0.39, 0.29) is 17.4 Å². The van der Waals surface area contributed by atoms with Crippen molar-refractivity contribution in [1.82, 2.24) is 10.4 Å². The molecule has 0 unspecified atom stereocenters. The SMILES string of the molecule is COc1cccc(NC(=O)[C@H]2CC(=O)N(c3ccc(C)cc3C)C(=S)N2NC(=O)c2ccccc2)c1. The monoisotopic (exact) mass is 502 g/mol. The number of amides is 3. The number of nitrogens with zero attached hydrogens (tertiary/aromatic N) is 2. The molecular formula is C27H26N4O4S. The number of benzene rings is 3. The van der Waals surface area contributed by atoms with Gasteiger partial charge in [-0.25, -0.2) is 5.01 Å². The summed E-state index contributed by atoms with van der Waals surface area (Å²) < 4.78 is 5.22. The molecule has 1 fully saturated rings. The van der Waals surface area contributed by atoms with Gasteiger partial charge in [0, 0.05) is 17.3 Å². The number of nitrogens with one attached hydrogen (secondary N) is 2. The lowest BCUT2D eigenvalue weighted by Crippen LogP contribution is -2.65. The van der Waals surface area contributed by atoms with Crippen molar-refractivity contribution in [2.24, 2.45) is 0 Å². The Bertz CT molecular complexity index is 1330. The van der Waals surface area contributed by atoms with E-state index in [1.165, 1.54) is 17.0 Å². The highest BCUT2D eigenvalue weighted by molar-refractivity contribution is 7.80. The Morgan fingerprint density at radius 3 is 2.44 bits per heavy atom. The summed E-state index contributed by atoms with van der Waals surface area (Å²) in [5.41, 5.74) is 6.11. The number of hydrogen-bond donors (Lipinski definition) is 2. The number of ether oxygens (including phenoxy) is 1. The maximum Gasteiger partial charge on any atom is 0.269 e. The average molecular weight is 503 g/mol. The van der Waals surface area contributed by atoms with Crippen molar-refractivity contribution in [3.8, 4) is 5.75 Å². The fraction of sp³-hybridized carbons (Fsp3) is 0.185. The molecule has 1 atom stereocenters. The van der Waals surface area contributed by atoms with E-state index in [9.17, 15) is 14.4 Å². The van der Waals surface area contributed by atoms with Gasteiger partial charge < -0.3 is 10.1 Å². The van der Waals surface area contributed by atoms with Gasteiger partial charge in [0.25, 0.3) is 5.91 Å². The normalized spacial score (nSPS) is 15.5. The summed E-state index contributed by atoms with van der Waals surface area (Å²) in [5.74, 6) is -0.721. The Morgan fingerprint density at radius 2 is 1.75 bits per heavy atom. The fourth-order valence-corrected chi connectivity index (χ4v) is 4.39. The predicted octanol–water partition coefficient (Wildman–Crippen LogP) is 3.99. The Balaban J connectivity index is 1.67. The summed E-state index contributed by atoms with van der Waals surface area (Å²) in [7, 11) is 1.53. The zero-order chi connectivity index (χ0) is 25.8. The zero-order valence-corrected chi connectivity index (χ0v) is 21.0. The van der Waals surface area contributed by atoms with Crippen LogP contribution >= 0.6 is 12.2 Å². The van der Waals surface area contributed by atoms with Gasteiger partial charge in [0.1, 0.15) is 11.8 Å². The molecular weight excluding hydrogens is 476 g/mol. The molecule has 0 bridgehead atoms. The summed E-state index contributed by atoms with van der Waals surface area (Å²) in [6.07, 6.45) is -0.196. The number of aryl methyl sites for hydroxylation is 2. The van der Waals surface area contributed by atoms with E-state index < -0.39 is 17.9 Å². The first kappa shape index (κ1) is 24.9. The van der Waals surface area contributed by atoms with Gasteiger partial charge in [0.05, 0.1) is 19.2 Å². The smallest absolute Gasteiger partial charge is 0.269 e. The molecule has 0 radical (unpaired) electrons. The molecule has 3 amide bonds. The van der Waals surface area contributed by atoms with Gasteiger partial charge >= 0.3 is 0 Å². The van der Waals surface area contributed by atoms with E-state index in [1.54, 1.807) is 54.6 Å². The summed E-state index contributed by atoms with van der Waals surface area (Å²) in [6, 6.07) is 20.0. The third-order valence-corrected chi connectivity index (χ3v) is 6.20. The highest BCUT2D eigenvalue weighted by Gasteiger charge is 2.42. The topological polar surface area (TPSA) is 91.0 Å². The molecule has 3 aromatic carbocycles. The quantitative estimate of drug-likeness (QED) is 0.496. The van der Waals surface area contributed by atoms with Gasteiger partial charge in [-0.15, -0.1) is 0 Å². The largest absolute Gasteiger partial charge is 0.497 e. The molecule has 1 heterocycles. The number of carbonyl (C=O) groups excluding carboxylic acids is 3. The van der Waals surface area contributed by atoms with E-state index in [4.69, 9.17) is 17.0 Å². The highest BCUT2D eigenvalue weighted by atomic mass is 32.1. The number of rotatable bonds is 6. The van der Waals surface area contributed by atoms with Gasteiger partial charge in [0.2, 0.25) is 16.9 Å². The molecule has 184 valence electrons. The van der Waals surface area contributed by atoms with Gasteiger partial charge in [0.15, 0.2) is 0 Å². The van der Waals surface area contributed by atoms with Crippen LogP contribution in [0.2, 0.25) is 0 Å². The second-order valence-electron chi connectivity index (χ2n) is 8.42. The molecule has 4 rings (SSSR count). The minimum atomic E-state index is -1.06. The van der Waals surface area contributed by atoms with Crippen LogP contribution in [0.4, 0.5) is 11.4 Å². The van der Waals surface area contributed by atoms with Crippen LogP contribution in [0, 0.1) is 13.8 Å². The second kappa shape index (κ2) is 10.6. The van der Waals surface area contributed by atoms with Gasteiger partial charge in [-0.05, 0) is 62.0 Å². The van der Waals surface area contributed by atoms with Crippen LogP contribution in [0.15, 0.2) is 72.8 Å². The Labute approximate surface area is 214 Å². The van der Waals surface area contributed by atoms with Gasteiger partial charge in [-0.1, -0.05) is 42.0 Å². The molecule has 3 aromatic rings. The van der Waals surface area contributed by atoms with Crippen LogP contribution < -0.4 is 20.4 Å². The summed E-state index contributed by atoms with van der Waals surface area (Å²) in [6.45, 7) is 3.84. The third kappa shape index (κ3) is 5.21. The fourth-order valence-electron chi connectivity index (χ4n) is 4.01. The van der Waals surface area contributed by atoms with E-state index in [0.717, 1.165) is 11.1 Å². The second-order valence-corrected chi connectivity index (χ2v) is 8.78. The van der Waals surface area contributed by atoms with E-state index in [0.29, 0.717) is 22.7 Å². The lowest BCUT2D eigenvalue weighted by Gasteiger charge is -2.41. The number of carbonyl (C=O) groups is 3. The first-order chi connectivity index (χ1) is 17.3. The van der Waals surface area contributed by atoms with Crippen LogP contribution in [0.1, 0.15) is 27.9 Å². The van der Waals surface area contributed by atoms with Crippen LogP contribution in [-0.2, 0) is 9.59 Å². The standard InChI is InChI=1S/C27H26N4O4S/c1-17-12-13-22(18(2)14-17)30-24(32)16-23(26(34)28-20-10-7-11-21(15-20)35-3)31(27(30)36)29-25(33)19-8-5-4-6-9-19/h4-15,23H,16H2,1-3H3,(H,28,34)(H,29,33)/t23-/m1/s1. The lowest BCUT2D eigenvalue weighted by atomic mass is 10.1. The minimum absolute atomic E-state index is 0.00766. The number of thiocarbonyl (C=S) groups is 1. The Hall–Kier alpha value is -4.24. The highest BCUT2D eigenvalue weighted by Crippen LogP contribution is 2.28. The minimum Gasteiger partial charge on any atom is -0.497 e. The molecule has 0 saturated carbocycles. The number of hydrazine groups is 1. The summed E-state index contributed by atoms with van der Waals surface area (Å²) in [5, 5.41) is 4.10. The lowest BCUT2D eigenvalue weighted by molar-refractivity contribution is -0.127. The Morgan fingerprint density at radius 1 is 1.00 bits per heavy atom. The van der Waals surface area contributed by atoms with Gasteiger partial charge in [-0.2, -0.15) is 0 Å². The molecule has 0 aromatic heterocycles. The molecule has 1 aliphatic rings. The first-order valence-corrected chi connectivity index (χ1v) is 11.7. The van der Waals surface area contributed by atoms with Crippen molar-refractivity contribution in [1.29, 1.82) is 0 Å². The van der Waals surface area contributed by atoms with Crippen LogP contribution in [0.5, 0.6) is 5.75 Å². The number of hydrogen-bond acceptors (Lipinski definition) is 5. The molecule has 0 aliphatic carbocycles. The van der Waals surface area contributed by atoms with E-state index in [1.807, 2.05) is 32.0 Å².